The molecule has 0 aliphatic heterocycles. The van der Waals surface area contributed by atoms with Crippen molar-refractivity contribution < 1.29 is 0 Å². The van der Waals surface area contributed by atoms with E-state index >= 15 is 0 Å². The predicted molar refractivity (Wildman–Crippen MR) is 405 cm³/mol. The van der Waals surface area contributed by atoms with Gasteiger partial charge in [-0.05, 0) is 111 Å². The molecule has 0 aromatic carbocycles. The lowest BCUT2D eigenvalue weighted by Gasteiger charge is -1.81. The first-order valence-corrected chi connectivity index (χ1v) is 33.4. The van der Waals surface area contributed by atoms with Crippen molar-refractivity contribution in [3.05, 3.63) is 231 Å². The standard InChI is InChI=1S/6C5H6N2.4C4H5N3.C3H5N3.11C2H6/c1-5-2-6-4-7-3-5;1-5-4-6-2-3-7-5;1-5-2-3-6-4-7-5;1-5-2-3-6-7-4-5;1-5-6-3-2-4-7-5;1-5-3-2-4-6-7-5;1-4-6-2-5-3-7-4;1-4-2-6-7-3-5-4;1-4-2-5-3-6-7-4;1-4-5-2-3-6-7-4;1-6-3-2-4-5-6;11*1-2/h6*2-4H,1H3;4*2-3H,1H3;2-3H,1H3;11*1-2H3. The topological polar surface area (TPSA) is 340 Å². The summed E-state index contributed by atoms with van der Waals surface area (Å²) in [5.74, 6) is 2.29. The lowest BCUT2D eigenvalue weighted by atomic mass is 10.4. The van der Waals surface area contributed by atoms with Crippen LogP contribution in [-0.2, 0) is 7.05 Å². The first-order valence-electron chi connectivity index (χ1n) is 33.4. The molecule has 0 radical (unpaired) electrons. The zero-order valence-electron chi connectivity index (χ0n) is 66.2. The van der Waals surface area contributed by atoms with Gasteiger partial charge in [0.15, 0.2) is 0 Å². The van der Waals surface area contributed by atoms with Crippen LogP contribution in [0, 0.1) is 69.2 Å². The second-order valence-corrected chi connectivity index (χ2v) is 14.1. The molecule has 0 spiro atoms. The Balaban J connectivity index is -0.0000000917. The second kappa shape index (κ2) is 108. The van der Waals surface area contributed by atoms with Gasteiger partial charge in [0.05, 0.1) is 53.8 Å². The molecule has 98 heavy (non-hydrogen) atoms. The highest BCUT2D eigenvalue weighted by Gasteiger charge is 1.81. The zero-order valence-corrected chi connectivity index (χ0v) is 66.2. The molecular weight excluding hydrogens is 1230 g/mol. The molecule has 27 heteroatoms. The van der Waals surface area contributed by atoms with Crippen LogP contribution in [0.2, 0.25) is 0 Å². The maximum Gasteiger partial charge on any atom is 0.147 e. The van der Waals surface area contributed by atoms with Gasteiger partial charge >= 0.3 is 0 Å². The Morgan fingerprint density at radius 2 is 0.724 bits per heavy atom. The Kier molecular flexibility index (Phi) is 124. The molecule has 0 saturated heterocycles. The molecule has 0 fully saturated rings. The fourth-order valence-corrected chi connectivity index (χ4v) is 3.70. The van der Waals surface area contributed by atoms with E-state index in [9.17, 15) is 0 Å². The average Bonchev–Trinajstić information content (AvgIpc) is 4.23. The van der Waals surface area contributed by atoms with Gasteiger partial charge in [-0.15, -0.1) is 20.4 Å². The van der Waals surface area contributed by atoms with Crippen molar-refractivity contribution in [1.29, 1.82) is 0 Å². The molecule has 0 unspecified atom stereocenters. The van der Waals surface area contributed by atoms with E-state index in [-0.39, 0.29) is 0 Å². The highest BCUT2D eigenvalue weighted by Crippen LogP contribution is 1.87. The number of hydrogen-bond acceptors (Lipinski definition) is 26. The molecule has 11 rings (SSSR count). The summed E-state index contributed by atoms with van der Waals surface area (Å²) in [7, 11) is 1.83. The largest absolute Gasteiger partial charge is 0.261 e. The van der Waals surface area contributed by atoms with Crippen LogP contribution in [0.25, 0.3) is 0 Å². The smallest absolute Gasteiger partial charge is 0.147 e. The summed E-state index contributed by atoms with van der Waals surface area (Å²) in [5.41, 5.74) is 6.93. The quantitative estimate of drug-likeness (QED) is 0.136. The van der Waals surface area contributed by atoms with Gasteiger partial charge in [0.1, 0.15) is 55.4 Å². The summed E-state index contributed by atoms with van der Waals surface area (Å²) < 4.78 is 1.64. The molecule has 0 aliphatic rings. The molecule has 0 atom stereocenters. The normalized spacial score (nSPS) is 7.44. The van der Waals surface area contributed by atoms with Gasteiger partial charge in [0.2, 0.25) is 0 Å². The molecule has 11 aromatic rings. The highest BCUT2D eigenvalue weighted by molar-refractivity contribution is 5.00. The first-order chi connectivity index (χ1) is 47.8. The van der Waals surface area contributed by atoms with E-state index in [0.717, 1.165) is 51.2 Å². The SMILES string of the molecule is CC.CC.CC.CC.CC.CC.CC.CC.CC.CC.CC.Cc1cccnn1.Cc1ccncn1.Cc1ccnnc1.Cc1cnccn1.Cc1cncnc1.Cc1cncnn1.Cc1cnncn1.Cc1ncccn1.Cc1nccnn1.Cc1ncncn1.Cn1ccnn1. The number of aromatic nitrogens is 27. The summed E-state index contributed by atoms with van der Waals surface area (Å²) in [5, 5.41) is 43.1. The van der Waals surface area contributed by atoms with Gasteiger partial charge < -0.3 is 0 Å². The van der Waals surface area contributed by atoms with Gasteiger partial charge in [0.25, 0.3) is 0 Å². The van der Waals surface area contributed by atoms with Gasteiger partial charge in [-0.3, -0.25) is 14.6 Å². The van der Waals surface area contributed by atoms with Crippen LogP contribution in [0.4, 0.5) is 0 Å². The van der Waals surface area contributed by atoms with Crippen LogP contribution in [0.15, 0.2) is 174 Å². The second-order valence-electron chi connectivity index (χ2n) is 14.1. The van der Waals surface area contributed by atoms with Gasteiger partial charge in [0, 0.05) is 87.1 Å². The van der Waals surface area contributed by atoms with E-state index in [1.807, 2.05) is 246 Å². The number of hydrogen-bond donors (Lipinski definition) is 0. The molecule has 546 valence electrons. The summed E-state index contributed by atoms with van der Waals surface area (Å²) in [6.07, 6.45) is 37.5. The third-order valence-corrected chi connectivity index (χ3v) is 7.23. The predicted octanol–water partition coefficient (Wildman–Crippen LogP) is 16.5. The molecule has 11 heterocycles. The number of rotatable bonds is 0. The van der Waals surface area contributed by atoms with E-state index in [2.05, 4.69) is 131 Å². The molecule has 0 N–H and O–H groups in total. The van der Waals surface area contributed by atoms with Crippen LogP contribution in [0.1, 0.15) is 209 Å². The lowest BCUT2D eigenvalue weighted by molar-refractivity contribution is 0.715. The first kappa shape index (κ1) is 112. The van der Waals surface area contributed by atoms with Crippen molar-refractivity contribution in [1.82, 2.24) is 136 Å². The van der Waals surface area contributed by atoms with Crippen molar-refractivity contribution in [3.63, 3.8) is 0 Å². The fourth-order valence-electron chi connectivity index (χ4n) is 3.70. The summed E-state index contributed by atoms with van der Waals surface area (Å²) in [6.45, 7) is 62.9. The molecule has 0 aliphatic carbocycles. The summed E-state index contributed by atoms with van der Waals surface area (Å²) in [4.78, 5) is 53.1. The van der Waals surface area contributed by atoms with E-state index in [1.54, 1.807) is 123 Å². The maximum absolute atomic E-state index is 3.92. The van der Waals surface area contributed by atoms with Crippen LogP contribution < -0.4 is 0 Å². The minimum atomic E-state index is 0.711. The third kappa shape index (κ3) is 104. The maximum atomic E-state index is 3.92. The Bertz CT molecular complexity index is 2270. The molecule has 0 saturated carbocycles. The molecular formula is C71H127N27. The van der Waals surface area contributed by atoms with Gasteiger partial charge in [-0.25, -0.2) is 59.8 Å². The van der Waals surface area contributed by atoms with Crippen molar-refractivity contribution >= 4 is 0 Å². The van der Waals surface area contributed by atoms with Gasteiger partial charge in [-0.2, -0.15) is 35.7 Å². The third-order valence-electron chi connectivity index (χ3n) is 7.23. The van der Waals surface area contributed by atoms with E-state index in [0.29, 0.717) is 5.82 Å². The van der Waals surface area contributed by atoms with Crippen molar-refractivity contribution in [2.45, 2.75) is 222 Å². The van der Waals surface area contributed by atoms with Crippen molar-refractivity contribution in [2.24, 2.45) is 7.05 Å². The minimum absolute atomic E-state index is 0.711. The number of aryl methyl sites for hydroxylation is 11. The lowest BCUT2D eigenvalue weighted by Crippen LogP contribution is -1.85. The monoisotopic (exact) mass is 1360 g/mol. The van der Waals surface area contributed by atoms with Crippen LogP contribution in [0.5, 0.6) is 0 Å². The molecule has 0 bridgehead atoms. The zero-order chi connectivity index (χ0) is 77.5. The Hall–Kier alpha value is -10.3. The van der Waals surface area contributed by atoms with E-state index in [1.165, 1.54) is 38.0 Å². The van der Waals surface area contributed by atoms with E-state index in [4.69, 9.17) is 0 Å². The van der Waals surface area contributed by atoms with Crippen LogP contribution >= 0.6 is 0 Å². The van der Waals surface area contributed by atoms with Crippen LogP contribution in [0.3, 0.4) is 0 Å². The van der Waals surface area contributed by atoms with Crippen molar-refractivity contribution in [3.8, 4) is 0 Å². The highest BCUT2D eigenvalue weighted by atomic mass is 15.4. The summed E-state index contributed by atoms with van der Waals surface area (Å²) >= 11 is 0. The molecule has 11 aromatic heterocycles. The molecule has 0 amide bonds. The van der Waals surface area contributed by atoms with E-state index < -0.39 is 0 Å². The minimum Gasteiger partial charge on any atom is -0.261 e. The van der Waals surface area contributed by atoms with Gasteiger partial charge in [-0.1, -0.05) is 158 Å². The Morgan fingerprint density at radius 3 is 0.939 bits per heavy atom. The summed E-state index contributed by atoms with van der Waals surface area (Å²) in [6, 6.07) is 9.34. The number of nitrogens with zero attached hydrogens (tertiary/aromatic N) is 27. The molecule has 27 nitrogen and oxygen atoms in total. The average molecular weight is 1360 g/mol. The Morgan fingerprint density at radius 1 is 0.235 bits per heavy atom. The van der Waals surface area contributed by atoms with Crippen LogP contribution in [-0.4, -0.2) is 136 Å². The van der Waals surface area contributed by atoms with Crippen molar-refractivity contribution in [2.75, 3.05) is 0 Å². The Labute approximate surface area is 592 Å². The fraction of sp³-hybridized carbons (Fsp3) is 0.465.